The van der Waals surface area contributed by atoms with E-state index in [0.29, 0.717) is 23.2 Å². The lowest BCUT2D eigenvalue weighted by Crippen LogP contribution is -2.08. The van der Waals surface area contributed by atoms with Crippen molar-refractivity contribution in [3.63, 3.8) is 0 Å². The van der Waals surface area contributed by atoms with Crippen LogP contribution in [0.4, 0.5) is 5.82 Å². The summed E-state index contributed by atoms with van der Waals surface area (Å²) in [6.45, 7) is 7.25. The van der Waals surface area contributed by atoms with Gasteiger partial charge in [-0.3, -0.25) is 0 Å². The van der Waals surface area contributed by atoms with Crippen LogP contribution in [0, 0.1) is 13.8 Å². The topological polar surface area (TPSA) is 47.0 Å². The molecule has 0 atom stereocenters. The maximum absolute atomic E-state index is 6.12. The highest BCUT2D eigenvalue weighted by Crippen LogP contribution is 2.25. The van der Waals surface area contributed by atoms with E-state index in [9.17, 15) is 0 Å². The second-order valence-corrected chi connectivity index (χ2v) is 5.37. The Labute approximate surface area is 130 Å². The van der Waals surface area contributed by atoms with Gasteiger partial charge >= 0.3 is 0 Å². The summed E-state index contributed by atoms with van der Waals surface area (Å²) < 4.78 is 5.73. The minimum atomic E-state index is 0.297. The number of nitrogens with zero attached hydrogens (tertiary/aromatic N) is 2. The highest BCUT2D eigenvalue weighted by atomic mass is 35.5. The van der Waals surface area contributed by atoms with Crippen LogP contribution < -0.4 is 10.1 Å². The molecule has 5 heteroatoms. The zero-order valence-electron chi connectivity index (χ0n) is 12.6. The second-order valence-electron chi connectivity index (χ2n) is 4.96. The summed E-state index contributed by atoms with van der Waals surface area (Å²) in [6, 6.07) is 7.62. The van der Waals surface area contributed by atoms with E-state index in [2.05, 4.69) is 22.2 Å². The Bertz CT molecular complexity index is 616. The van der Waals surface area contributed by atoms with Crippen LogP contribution in [0.3, 0.4) is 0 Å². The molecule has 0 aliphatic carbocycles. The van der Waals surface area contributed by atoms with Crippen LogP contribution in [0.1, 0.15) is 30.4 Å². The molecule has 1 N–H and O–H groups in total. The first-order chi connectivity index (χ1) is 10.1. The molecule has 0 aliphatic heterocycles. The Hall–Kier alpha value is -1.81. The third-order valence-corrected chi connectivity index (χ3v) is 3.21. The molecule has 2 aromatic rings. The van der Waals surface area contributed by atoms with Crippen LogP contribution in [-0.4, -0.2) is 16.5 Å². The molecule has 0 radical (unpaired) electrons. The molecule has 1 aromatic carbocycles. The zero-order valence-corrected chi connectivity index (χ0v) is 13.4. The number of rotatable bonds is 6. The number of aryl methyl sites for hydroxylation is 2. The van der Waals surface area contributed by atoms with Gasteiger partial charge in [0.05, 0.1) is 5.02 Å². The summed E-state index contributed by atoms with van der Waals surface area (Å²) in [5.41, 5.74) is 2.02. The molecule has 21 heavy (non-hydrogen) atoms. The van der Waals surface area contributed by atoms with Crippen LogP contribution in [0.25, 0.3) is 0 Å². The predicted octanol–water partition coefficient (Wildman–Crippen LogP) is 4.15. The van der Waals surface area contributed by atoms with Crippen molar-refractivity contribution in [1.82, 2.24) is 9.97 Å². The minimum Gasteiger partial charge on any atom is -0.484 e. The van der Waals surface area contributed by atoms with Crippen molar-refractivity contribution in [3.05, 3.63) is 46.4 Å². The lowest BCUT2D eigenvalue weighted by Gasteiger charge is -2.10. The molecule has 0 aliphatic rings. The molecule has 0 spiro atoms. The normalized spacial score (nSPS) is 10.5. The van der Waals surface area contributed by atoms with Gasteiger partial charge in [0.15, 0.2) is 5.82 Å². The SMILES string of the molecule is CCCNc1cc(C)nc(COc2cc(C)ccc2Cl)n1. The van der Waals surface area contributed by atoms with E-state index in [-0.39, 0.29) is 0 Å². The number of ether oxygens (including phenoxy) is 1. The van der Waals surface area contributed by atoms with Crippen molar-refractivity contribution in [3.8, 4) is 5.75 Å². The van der Waals surface area contributed by atoms with Crippen molar-refractivity contribution < 1.29 is 4.74 Å². The van der Waals surface area contributed by atoms with Gasteiger partial charge in [0, 0.05) is 18.3 Å². The van der Waals surface area contributed by atoms with Crippen molar-refractivity contribution >= 4 is 17.4 Å². The Morgan fingerprint density at radius 2 is 2.00 bits per heavy atom. The monoisotopic (exact) mass is 305 g/mol. The third kappa shape index (κ3) is 4.60. The highest BCUT2D eigenvalue weighted by molar-refractivity contribution is 6.32. The average Bonchev–Trinajstić information content (AvgIpc) is 2.45. The van der Waals surface area contributed by atoms with E-state index in [1.54, 1.807) is 0 Å². The maximum atomic E-state index is 6.12. The van der Waals surface area contributed by atoms with E-state index in [1.807, 2.05) is 38.1 Å². The van der Waals surface area contributed by atoms with Crippen molar-refractivity contribution in [1.29, 1.82) is 0 Å². The lowest BCUT2D eigenvalue weighted by molar-refractivity contribution is 0.295. The fraction of sp³-hybridized carbons (Fsp3) is 0.375. The smallest absolute Gasteiger partial charge is 0.168 e. The summed E-state index contributed by atoms with van der Waals surface area (Å²) >= 11 is 6.12. The standard InChI is InChI=1S/C16H20ClN3O/c1-4-7-18-15-9-12(3)19-16(20-15)10-21-14-8-11(2)5-6-13(14)17/h5-6,8-9H,4,7,10H2,1-3H3,(H,18,19,20). The zero-order chi connectivity index (χ0) is 15.2. The number of nitrogens with one attached hydrogen (secondary N) is 1. The molecule has 0 saturated carbocycles. The first-order valence-corrected chi connectivity index (χ1v) is 7.43. The van der Waals surface area contributed by atoms with Crippen LogP contribution in [0.2, 0.25) is 5.02 Å². The van der Waals surface area contributed by atoms with Gasteiger partial charge < -0.3 is 10.1 Å². The van der Waals surface area contributed by atoms with Crippen molar-refractivity contribution in [2.45, 2.75) is 33.8 Å². The van der Waals surface area contributed by atoms with Crippen molar-refractivity contribution in [2.75, 3.05) is 11.9 Å². The Balaban J connectivity index is 2.08. The van der Waals surface area contributed by atoms with Crippen LogP contribution >= 0.6 is 11.6 Å². The molecule has 0 amide bonds. The summed E-state index contributed by atoms with van der Waals surface area (Å²) in [5, 5.41) is 3.86. The van der Waals surface area contributed by atoms with E-state index >= 15 is 0 Å². The lowest BCUT2D eigenvalue weighted by atomic mass is 10.2. The number of benzene rings is 1. The van der Waals surface area contributed by atoms with Gasteiger partial charge in [0.25, 0.3) is 0 Å². The molecule has 4 nitrogen and oxygen atoms in total. The van der Waals surface area contributed by atoms with Gasteiger partial charge in [-0.15, -0.1) is 0 Å². The highest BCUT2D eigenvalue weighted by Gasteiger charge is 2.06. The number of halogens is 1. The molecule has 0 bridgehead atoms. The van der Waals surface area contributed by atoms with Gasteiger partial charge in [0.2, 0.25) is 0 Å². The molecule has 1 aromatic heterocycles. The predicted molar refractivity (Wildman–Crippen MR) is 86.1 cm³/mol. The van der Waals surface area contributed by atoms with Gasteiger partial charge in [-0.1, -0.05) is 24.6 Å². The molecule has 112 valence electrons. The maximum Gasteiger partial charge on any atom is 0.168 e. The molecular weight excluding hydrogens is 286 g/mol. The fourth-order valence-corrected chi connectivity index (χ4v) is 2.07. The minimum absolute atomic E-state index is 0.297. The molecule has 1 heterocycles. The fourth-order valence-electron chi connectivity index (χ4n) is 1.90. The van der Waals surface area contributed by atoms with E-state index in [4.69, 9.17) is 16.3 Å². The van der Waals surface area contributed by atoms with Crippen LogP contribution in [-0.2, 0) is 6.61 Å². The molecule has 0 fully saturated rings. The summed E-state index contributed by atoms with van der Waals surface area (Å²) in [4.78, 5) is 8.84. The first kappa shape index (κ1) is 15.6. The Morgan fingerprint density at radius 1 is 1.19 bits per heavy atom. The number of aromatic nitrogens is 2. The summed E-state index contributed by atoms with van der Waals surface area (Å²) in [6.07, 6.45) is 1.05. The van der Waals surface area contributed by atoms with E-state index < -0.39 is 0 Å². The Kier molecular flexibility index (Phi) is 5.39. The number of hydrogen-bond donors (Lipinski definition) is 1. The summed E-state index contributed by atoms with van der Waals surface area (Å²) in [5.74, 6) is 2.13. The first-order valence-electron chi connectivity index (χ1n) is 7.06. The van der Waals surface area contributed by atoms with Crippen molar-refractivity contribution in [2.24, 2.45) is 0 Å². The van der Waals surface area contributed by atoms with Crippen LogP contribution in [0.5, 0.6) is 5.75 Å². The number of hydrogen-bond acceptors (Lipinski definition) is 4. The van der Waals surface area contributed by atoms with E-state index in [1.165, 1.54) is 0 Å². The average molecular weight is 306 g/mol. The largest absolute Gasteiger partial charge is 0.484 e. The number of anilines is 1. The van der Waals surface area contributed by atoms with E-state index in [0.717, 1.165) is 30.0 Å². The quantitative estimate of drug-likeness (QED) is 0.871. The molecular formula is C16H20ClN3O. The molecule has 0 saturated heterocycles. The summed E-state index contributed by atoms with van der Waals surface area (Å²) in [7, 11) is 0. The van der Waals surface area contributed by atoms with Gasteiger partial charge in [-0.2, -0.15) is 0 Å². The van der Waals surface area contributed by atoms with Gasteiger partial charge in [-0.25, -0.2) is 9.97 Å². The third-order valence-electron chi connectivity index (χ3n) is 2.90. The Morgan fingerprint density at radius 3 is 2.76 bits per heavy atom. The molecule has 2 rings (SSSR count). The van der Waals surface area contributed by atoms with Gasteiger partial charge in [-0.05, 0) is 38.0 Å². The van der Waals surface area contributed by atoms with Gasteiger partial charge in [0.1, 0.15) is 18.2 Å². The molecule has 0 unspecified atom stereocenters. The van der Waals surface area contributed by atoms with Crippen LogP contribution in [0.15, 0.2) is 24.3 Å². The second kappa shape index (κ2) is 7.27.